The van der Waals surface area contributed by atoms with Gasteiger partial charge >= 0.3 is 0 Å². The fourth-order valence-electron chi connectivity index (χ4n) is 1.49. The lowest BCUT2D eigenvalue weighted by molar-refractivity contribution is 0.590. The summed E-state index contributed by atoms with van der Waals surface area (Å²) in [5.74, 6) is -0.0370. The minimum Gasteiger partial charge on any atom is -0.384 e. The molecule has 1 N–H and O–H groups in total. The molecule has 1 aromatic carbocycles. The molecule has 0 atom stereocenters. The summed E-state index contributed by atoms with van der Waals surface area (Å²) >= 11 is 1.46. The SMILES string of the molecule is CSc1ccc2c(c1F)CCN2. The van der Waals surface area contributed by atoms with Gasteiger partial charge in [-0.05, 0) is 24.8 Å². The average Bonchev–Trinajstić information content (AvgIpc) is 2.53. The van der Waals surface area contributed by atoms with E-state index in [1.165, 1.54) is 11.8 Å². The lowest BCUT2D eigenvalue weighted by atomic mass is 10.1. The van der Waals surface area contributed by atoms with Crippen LogP contribution in [0, 0.1) is 5.82 Å². The van der Waals surface area contributed by atoms with Gasteiger partial charge in [0.2, 0.25) is 0 Å². The molecule has 0 fully saturated rings. The molecule has 0 amide bonds. The van der Waals surface area contributed by atoms with Crippen LogP contribution in [0.1, 0.15) is 5.56 Å². The van der Waals surface area contributed by atoms with Crippen LogP contribution >= 0.6 is 11.8 Å². The minimum absolute atomic E-state index is 0.0370. The van der Waals surface area contributed by atoms with Gasteiger partial charge in [0.1, 0.15) is 5.82 Å². The summed E-state index contributed by atoms with van der Waals surface area (Å²) in [6.45, 7) is 0.865. The van der Waals surface area contributed by atoms with Crippen molar-refractivity contribution < 1.29 is 4.39 Å². The molecule has 64 valence electrons. The second-order valence-electron chi connectivity index (χ2n) is 2.78. The van der Waals surface area contributed by atoms with Crippen LogP contribution in [0.15, 0.2) is 17.0 Å². The first-order valence-electron chi connectivity index (χ1n) is 3.92. The Kier molecular flexibility index (Phi) is 1.97. The van der Waals surface area contributed by atoms with Crippen molar-refractivity contribution in [2.45, 2.75) is 11.3 Å². The third-order valence-electron chi connectivity index (χ3n) is 2.12. The van der Waals surface area contributed by atoms with Crippen LogP contribution in [-0.4, -0.2) is 12.8 Å². The van der Waals surface area contributed by atoms with E-state index >= 15 is 0 Å². The van der Waals surface area contributed by atoms with E-state index in [0.717, 1.165) is 29.1 Å². The molecule has 0 saturated carbocycles. The summed E-state index contributed by atoms with van der Waals surface area (Å²) in [5.41, 5.74) is 1.81. The van der Waals surface area contributed by atoms with Gasteiger partial charge in [-0.25, -0.2) is 4.39 Å². The van der Waals surface area contributed by atoms with Crippen LogP contribution in [0.4, 0.5) is 10.1 Å². The Bertz CT molecular complexity index is 312. The van der Waals surface area contributed by atoms with Crippen molar-refractivity contribution in [3.8, 4) is 0 Å². The third-order valence-corrected chi connectivity index (χ3v) is 2.87. The van der Waals surface area contributed by atoms with Gasteiger partial charge in [-0.3, -0.25) is 0 Å². The van der Waals surface area contributed by atoms with Crippen molar-refractivity contribution in [2.24, 2.45) is 0 Å². The van der Waals surface area contributed by atoms with Crippen LogP contribution in [0.5, 0.6) is 0 Å². The standard InChI is InChI=1S/C9H10FNS/c1-12-8-3-2-7-6(9(8)10)4-5-11-7/h2-3,11H,4-5H2,1H3. The maximum atomic E-state index is 13.5. The predicted octanol–water partition coefficient (Wildman–Crippen LogP) is 2.52. The maximum Gasteiger partial charge on any atom is 0.142 e. The molecule has 0 saturated heterocycles. The molecule has 0 aliphatic carbocycles. The lowest BCUT2D eigenvalue weighted by Gasteiger charge is -2.04. The summed E-state index contributed by atoms with van der Waals surface area (Å²) in [5, 5.41) is 3.14. The second kappa shape index (κ2) is 2.98. The van der Waals surface area contributed by atoms with E-state index in [1.807, 2.05) is 18.4 Å². The topological polar surface area (TPSA) is 12.0 Å². The highest BCUT2D eigenvalue weighted by atomic mass is 32.2. The smallest absolute Gasteiger partial charge is 0.142 e. The average molecular weight is 183 g/mol. The number of benzene rings is 1. The van der Waals surface area contributed by atoms with E-state index in [1.54, 1.807) is 0 Å². The first-order valence-corrected chi connectivity index (χ1v) is 5.14. The zero-order chi connectivity index (χ0) is 8.55. The lowest BCUT2D eigenvalue weighted by Crippen LogP contribution is -1.90. The maximum absolute atomic E-state index is 13.5. The molecule has 0 radical (unpaired) electrons. The van der Waals surface area contributed by atoms with Crippen molar-refractivity contribution in [3.63, 3.8) is 0 Å². The van der Waals surface area contributed by atoms with Gasteiger partial charge in [0.05, 0.1) is 0 Å². The van der Waals surface area contributed by atoms with Gasteiger partial charge in [0.25, 0.3) is 0 Å². The fourth-order valence-corrected chi connectivity index (χ4v) is 2.00. The number of hydrogen-bond donors (Lipinski definition) is 1. The summed E-state index contributed by atoms with van der Waals surface area (Å²) in [6.07, 6.45) is 2.71. The molecule has 1 aliphatic heterocycles. The molecule has 1 heterocycles. The van der Waals surface area contributed by atoms with Gasteiger partial charge in [-0.2, -0.15) is 0 Å². The molecule has 0 unspecified atom stereocenters. The Morgan fingerprint density at radius 3 is 3.08 bits per heavy atom. The van der Waals surface area contributed by atoms with Crippen molar-refractivity contribution in [1.29, 1.82) is 0 Å². The summed E-state index contributed by atoms with van der Waals surface area (Å²) < 4.78 is 13.5. The van der Waals surface area contributed by atoms with Crippen molar-refractivity contribution in [1.82, 2.24) is 0 Å². The molecule has 2 rings (SSSR count). The Labute approximate surface area is 75.4 Å². The van der Waals surface area contributed by atoms with Crippen LogP contribution in [-0.2, 0) is 6.42 Å². The zero-order valence-corrected chi connectivity index (χ0v) is 7.67. The molecule has 1 nitrogen and oxygen atoms in total. The van der Waals surface area contributed by atoms with E-state index in [-0.39, 0.29) is 5.82 Å². The highest BCUT2D eigenvalue weighted by Crippen LogP contribution is 2.30. The van der Waals surface area contributed by atoms with E-state index < -0.39 is 0 Å². The van der Waals surface area contributed by atoms with Crippen LogP contribution in [0.3, 0.4) is 0 Å². The normalized spacial score (nSPS) is 14.2. The minimum atomic E-state index is -0.0370. The highest BCUT2D eigenvalue weighted by Gasteiger charge is 2.16. The Morgan fingerprint density at radius 2 is 2.33 bits per heavy atom. The number of nitrogens with one attached hydrogen (secondary N) is 1. The summed E-state index contributed by atoms with van der Waals surface area (Å²) in [6, 6.07) is 3.79. The van der Waals surface area contributed by atoms with Crippen LogP contribution in [0.2, 0.25) is 0 Å². The Balaban J connectivity index is 2.54. The molecule has 0 aromatic heterocycles. The molecular formula is C9H10FNS. The van der Waals surface area contributed by atoms with Gasteiger partial charge in [0, 0.05) is 22.7 Å². The van der Waals surface area contributed by atoms with Crippen molar-refractivity contribution >= 4 is 17.4 Å². The molecule has 12 heavy (non-hydrogen) atoms. The summed E-state index contributed by atoms with van der Waals surface area (Å²) in [4.78, 5) is 0.748. The highest BCUT2D eigenvalue weighted by molar-refractivity contribution is 7.98. The molecule has 0 spiro atoms. The first-order chi connectivity index (χ1) is 5.83. The molecule has 1 aliphatic rings. The van der Waals surface area contributed by atoms with Crippen LogP contribution < -0.4 is 5.32 Å². The molecule has 0 bridgehead atoms. The second-order valence-corrected chi connectivity index (χ2v) is 3.63. The third kappa shape index (κ3) is 1.08. The van der Waals surface area contributed by atoms with Gasteiger partial charge < -0.3 is 5.32 Å². The zero-order valence-electron chi connectivity index (χ0n) is 6.86. The fraction of sp³-hybridized carbons (Fsp3) is 0.333. The first kappa shape index (κ1) is 7.92. The number of fused-ring (bicyclic) bond motifs is 1. The van der Waals surface area contributed by atoms with E-state index in [9.17, 15) is 4.39 Å². The number of halogens is 1. The van der Waals surface area contributed by atoms with Gasteiger partial charge in [-0.1, -0.05) is 0 Å². The molecule has 1 aromatic rings. The van der Waals surface area contributed by atoms with Gasteiger partial charge in [-0.15, -0.1) is 11.8 Å². The van der Waals surface area contributed by atoms with Crippen molar-refractivity contribution in [2.75, 3.05) is 18.1 Å². The number of hydrogen-bond acceptors (Lipinski definition) is 2. The Hall–Kier alpha value is -0.700. The predicted molar refractivity (Wildman–Crippen MR) is 50.4 cm³/mol. The quantitative estimate of drug-likeness (QED) is 0.671. The number of rotatable bonds is 1. The molecular weight excluding hydrogens is 173 g/mol. The molecule has 3 heteroatoms. The van der Waals surface area contributed by atoms with Gasteiger partial charge in [0.15, 0.2) is 0 Å². The van der Waals surface area contributed by atoms with E-state index in [4.69, 9.17) is 0 Å². The van der Waals surface area contributed by atoms with Crippen molar-refractivity contribution in [3.05, 3.63) is 23.5 Å². The number of thioether (sulfide) groups is 1. The monoisotopic (exact) mass is 183 g/mol. The van der Waals surface area contributed by atoms with Crippen LogP contribution in [0.25, 0.3) is 0 Å². The van der Waals surface area contributed by atoms with E-state index in [2.05, 4.69) is 5.32 Å². The largest absolute Gasteiger partial charge is 0.384 e. The summed E-state index contributed by atoms with van der Waals surface area (Å²) in [7, 11) is 0. The van der Waals surface area contributed by atoms with E-state index in [0.29, 0.717) is 0 Å². The number of anilines is 1. The Morgan fingerprint density at radius 1 is 1.50 bits per heavy atom.